The summed E-state index contributed by atoms with van der Waals surface area (Å²) in [6.07, 6.45) is 3.49. The third kappa shape index (κ3) is 4.53. The third-order valence-corrected chi connectivity index (χ3v) is 6.31. The largest absolute Gasteiger partial charge is 0.345 e. The van der Waals surface area contributed by atoms with Crippen molar-refractivity contribution in [3.8, 4) is 5.69 Å². The van der Waals surface area contributed by atoms with Crippen molar-refractivity contribution < 1.29 is 13.2 Å². The molecule has 8 nitrogen and oxygen atoms in total. The van der Waals surface area contributed by atoms with E-state index >= 15 is 0 Å². The standard InChI is InChI=1S/C20H22ClN5O3S/c1-4-18(14-9-10-23-19(11-14)30(28,29)22-3)25-20(27)17-12-24-26(13(17)2)16-7-5-15(21)6-8-16/h5-12,18,22H,4H2,1-3H3,(H,25,27)/t18-/m0/s1. The number of hydrogen-bond donors (Lipinski definition) is 2. The lowest BCUT2D eigenvalue weighted by molar-refractivity contribution is 0.0935. The summed E-state index contributed by atoms with van der Waals surface area (Å²) in [6, 6.07) is 9.91. The molecular formula is C20H22ClN5O3S. The minimum absolute atomic E-state index is 0.0954. The molecule has 158 valence electrons. The monoisotopic (exact) mass is 447 g/mol. The van der Waals surface area contributed by atoms with Gasteiger partial charge in [0.25, 0.3) is 15.9 Å². The third-order valence-electron chi connectivity index (χ3n) is 4.74. The number of halogens is 1. The average Bonchev–Trinajstić information content (AvgIpc) is 3.14. The van der Waals surface area contributed by atoms with Crippen molar-refractivity contribution in [3.05, 3.63) is 70.6 Å². The van der Waals surface area contributed by atoms with Crippen molar-refractivity contribution in [3.63, 3.8) is 0 Å². The van der Waals surface area contributed by atoms with Crippen molar-refractivity contribution >= 4 is 27.5 Å². The summed E-state index contributed by atoms with van der Waals surface area (Å²) in [4.78, 5) is 16.8. The van der Waals surface area contributed by atoms with Crippen molar-refractivity contribution in [2.45, 2.75) is 31.3 Å². The van der Waals surface area contributed by atoms with Crippen LogP contribution in [-0.2, 0) is 10.0 Å². The van der Waals surface area contributed by atoms with Gasteiger partial charge in [0.15, 0.2) is 5.03 Å². The molecule has 0 spiro atoms. The van der Waals surface area contributed by atoms with Gasteiger partial charge >= 0.3 is 0 Å². The van der Waals surface area contributed by atoms with Crippen LogP contribution in [-0.4, -0.2) is 36.1 Å². The first-order valence-electron chi connectivity index (χ1n) is 9.27. The molecule has 1 atom stereocenters. The Morgan fingerprint density at radius 2 is 1.93 bits per heavy atom. The molecule has 0 saturated heterocycles. The highest BCUT2D eigenvalue weighted by atomic mass is 35.5. The lowest BCUT2D eigenvalue weighted by Gasteiger charge is -2.18. The second-order valence-corrected chi connectivity index (χ2v) is 8.87. The van der Waals surface area contributed by atoms with E-state index < -0.39 is 10.0 Å². The molecule has 30 heavy (non-hydrogen) atoms. The molecule has 2 aromatic heterocycles. The topological polar surface area (TPSA) is 106 Å². The van der Waals surface area contributed by atoms with Crippen LogP contribution in [0.2, 0.25) is 5.02 Å². The Hall–Kier alpha value is -2.75. The van der Waals surface area contributed by atoms with Gasteiger partial charge in [-0.15, -0.1) is 0 Å². The molecule has 0 aliphatic rings. The zero-order chi connectivity index (χ0) is 21.9. The smallest absolute Gasteiger partial charge is 0.257 e. The number of carbonyl (C=O) groups excluding carboxylic acids is 1. The van der Waals surface area contributed by atoms with E-state index in [4.69, 9.17) is 11.6 Å². The fraction of sp³-hybridized carbons (Fsp3) is 0.250. The number of carbonyl (C=O) groups is 1. The first-order valence-corrected chi connectivity index (χ1v) is 11.1. The molecule has 0 radical (unpaired) electrons. The molecule has 3 rings (SSSR count). The molecule has 0 aliphatic carbocycles. The average molecular weight is 448 g/mol. The Kier molecular flexibility index (Phi) is 6.55. The van der Waals surface area contributed by atoms with Crippen LogP contribution in [0.3, 0.4) is 0 Å². The summed E-state index contributed by atoms with van der Waals surface area (Å²) < 4.78 is 28.0. The lowest BCUT2D eigenvalue weighted by atomic mass is 10.1. The van der Waals surface area contributed by atoms with Gasteiger partial charge in [0.2, 0.25) is 0 Å². The summed E-state index contributed by atoms with van der Waals surface area (Å²) in [6.45, 7) is 3.71. The minimum Gasteiger partial charge on any atom is -0.345 e. The van der Waals surface area contributed by atoms with Gasteiger partial charge in [-0.2, -0.15) is 5.10 Å². The fourth-order valence-corrected chi connectivity index (χ4v) is 3.85. The summed E-state index contributed by atoms with van der Waals surface area (Å²) in [7, 11) is -2.35. The number of rotatable bonds is 7. The van der Waals surface area contributed by atoms with E-state index in [1.807, 2.05) is 26.0 Å². The van der Waals surface area contributed by atoms with Crippen molar-refractivity contribution in [2.75, 3.05) is 7.05 Å². The second kappa shape index (κ2) is 8.95. The molecule has 1 amide bonds. The Morgan fingerprint density at radius 3 is 2.57 bits per heavy atom. The van der Waals surface area contributed by atoms with E-state index in [0.717, 1.165) is 5.69 Å². The number of sulfonamides is 1. The van der Waals surface area contributed by atoms with Crippen LogP contribution in [0.4, 0.5) is 0 Å². The number of hydrogen-bond acceptors (Lipinski definition) is 5. The molecule has 0 bridgehead atoms. The first-order chi connectivity index (χ1) is 14.3. The number of nitrogens with one attached hydrogen (secondary N) is 2. The summed E-state index contributed by atoms with van der Waals surface area (Å²) >= 11 is 5.93. The van der Waals surface area contributed by atoms with E-state index in [2.05, 4.69) is 20.1 Å². The van der Waals surface area contributed by atoms with Gasteiger partial charge in [-0.05, 0) is 62.4 Å². The highest BCUT2D eigenvalue weighted by Crippen LogP contribution is 2.21. The van der Waals surface area contributed by atoms with Crippen LogP contribution in [0.5, 0.6) is 0 Å². The van der Waals surface area contributed by atoms with E-state index in [9.17, 15) is 13.2 Å². The maximum absolute atomic E-state index is 12.9. The SMILES string of the molecule is CC[C@H](NC(=O)c1cnn(-c2ccc(Cl)cc2)c1C)c1ccnc(S(=O)(=O)NC)c1. The van der Waals surface area contributed by atoms with Gasteiger partial charge in [0.1, 0.15) is 0 Å². The van der Waals surface area contributed by atoms with E-state index in [0.29, 0.717) is 28.3 Å². The number of pyridine rings is 1. The van der Waals surface area contributed by atoms with E-state index in [-0.39, 0.29) is 17.0 Å². The van der Waals surface area contributed by atoms with Crippen LogP contribution in [0.15, 0.2) is 53.8 Å². The Labute approximate surface area is 180 Å². The lowest BCUT2D eigenvalue weighted by Crippen LogP contribution is -2.29. The molecule has 2 heterocycles. The molecule has 10 heteroatoms. The summed E-state index contributed by atoms with van der Waals surface area (Å²) in [5.74, 6) is -0.297. The van der Waals surface area contributed by atoms with Crippen molar-refractivity contribution in [1.82, 2.24) is 24.8 Å². The van der Waals surface area contributed by atoms with Crippen LogP contribution < -0.4 is 10.0 Å². The van der Waals surface area contributed by atoms with Crippen LogP contribution in [0, 0.1) is 6.92 Å². The van der Waals surface area contributed by atoms with Crippen LogP contribution >= 0.6 is 11.6 Å². The Balaban J connectivity index is 1.85. The highest BCUT2D eigenvalue weighted by Gasteiger charge is 2.21. The van der Waals surface area contributed by atoms with Gasteiger partial charge in [0, 0.05) is 11.2 Å². The number of nitrogens with zero attached hydrogens (tertiary/aromatic N) is 3. The van der Waals surface area contributed by atoms with Gasteiger partial charge in [0.05, 0.1) is 29.2 Å². The molecular weight excluding hydrogens is 426 g/mol. The molecule has 0 saturated carbocycles. The van der Waals surface area contributed by atoms with Crippen molar-refractivity contribution in [2.24, 2.45) is 0 Å². The second-order valence-electron chi connectivity index (χ2n) is 6.60. The molecule has 1 aromatic carbocycles. The minimum atomic E-state index is -3.68. The van der Waals surface area contributed by atoms with Crippen LogP contribution in [0.25, 0.3) is 5.69 Å². The summed E-state index contributed by atoms with van der Waals surface area (Å²) in [5.41, 5.74) is 2.55. The number of benzene rings is 1. The maximum Gasteiger partial charge on any atom is 0.257 e. The van der Waals surface area contributed by atoms with Gasteiger partial charge < -0.3 is 5.32 Å². The van der Waals surface area contributed by atoms with E-state index in [1.54, 1.807) is 22.9 Å². The normalized spacial score (nSPS) is 12.5. The molecule has 0 unspecified atom stereocenters. The first kappa shape index (κ1) is 21.9. The molecule has 3 aromatic rings. The zero-order valence-electron chi connectivity index (χ0n) is 16.8. The predicted octanol–water partition coefficient (Wildman–Crippen LogP) is 3.02. The summed E-state index contributed by atoms with van der Waals surface area (Å²) in [5, 5.41) is 7.79. The maximum atomic E-state index is 12.9. The van der Waals surface area contributed by atoms with Crippen molar-refractivity contribution in [1.29, 1.82) is 0 Å². The van der Waals surface area contributed by atoms with Gasteiger partial charge in [-0.1, -0.05) is 18.5 Å². The molecule has 2 N–H and O–H groups in total. The number of amides is 1. The van der Waals surface area contributed by atoms with E-state index in [1.165, 1.54) is 25.5 Å². The number of aromatic nitrogens is 3. The fourth-order valence-electron chi connectivity index (χ4n) is 3.03. The van der Waals surface area contributed by atoms with Crippen LogP contribution in [0.1, 0.15) is 41.0 Å². The quantitative estimate of drug-likeness (QED) is 0.579. The molecule has 0 fully saturated rings. The van der Waals surface area contributed by atoms with Gasteiger partial charge in [-0.3, -0.25) is 4.79 Å². The van der Waals surface area contributed by atoms with Gasteiger partial charge in [-0.25, -0.2) is 22.8 Å². The predicted molar refractivity (Wildman–Crippen MR) is 114 cm³/mol. The Bertz CT molecular complexity index is 1160. The molecule has 0 aliphatic heterocycles. The zero-order valence-corrected chi connectivity index (χ0v) is 18.3. The highest BCUT2D eigenvalue weighted by molar-refractivity contribution is 7.89. The Morgan fingerprint density at radius 1 is 1.23 bits per heavy atom.